The quantitative estimate of drug-likeness (QED) is 0.832. The van der Waals surface area contributed by atoms with Gasteiger partial charge in [-0.2, -0.15) is 0 Å². The molecule has 0 aliphatic heterocycles. The van der Waals surface area contributed by atoms with E-state index < -0.39 is 5.60 Å². The fourth-order valence-electron chi connectivity index (χ4n) is 3.08. The van der Waals surface area contributed by atoms with Gasteiger partial charge in [-0.05, 0) is 52.4 Å². The van der Waals surface area contributed by atoms with Gasteiger partial charge in [-0.25, -0.2) is 4.79 Å². The second-order valence-electron chi connectivity index (χ2n) is 7.33. The lowest BCUT2D eigenvalue weighted by atomic mass is 9.82. The second kappa shape index (κ2) is 6.79. The highest BCUT2D eigenvalue weighted by Gasteiger charge is 2.29. The molecule has 2 aliphatic carbocycles. The number of hydrogen-bond donors (Lipinski definition) is 2. The van der Waals surface area contributed by atoms with Gasteiger partial charge in [-0.1, -0.05) is 19.3 Å². The molecular formula is C16H30N2O2. The molecule has 1 amide bonds. The van der Waals surface area contributed by atoms with Crippen LogP contribution >= 0.6 is 0 Å². The zero-order valence-corrected chi connectivity index (χ0v) is 13.2. The van der Waals surface area contributed by atoms with E-state index in [4.69, 9.17) is 4.74 Å². The largest absolute Gasteiger partial charge is 0.444 e. The second-order valence-corrected chi connectivity index (χ2v) is 7.33. The van der Waals surface area contributed by atoms with E-state index in [9.17, 15) is 4.79 Å². The number of hydrogen-bond acceptors (Lipinski definition) is 3. The van der Waals surface area contributed by atoms with Crippen molar-refractivity contribution in [2.75, 3.05) is 6.54 Å². The number of rotatable bonds is 4. The van der Waals surface area contributed by atoms with Gasteiger partial charge in [0.25, 0.3) is 0 Å². The van der Waals surface area contributed by atoms with Gasteiger partial charge in [0.15, 0.2) is 0 Å². The van der Waals surface area contributed by atoms with Crippen LogP contribution in [0.15, 0.2) is 0 Å². The molecule has 0 aromatic heterocycles. The topological polar surface area (TPSA) is 50.4 Å². The Morgan fingerprint density at radius 3 is 2.40 bits per heavy atom. The van der Waals surface area contributed by atoms with Crippen LogP contribution in [0.5, 0.6) is 0 Å². The number of nitrogens with one attached hydrogen (secondary N) is 2. The molecule has 2 unspecified atom stereocenters. The first-order valence-electron chi connectivity index (χ1n) is 8.17. The van der Waals surface area contributed by atoms with Crippen molar-refractivity contribution in [2.45, 2.75) is 83.4 Å². The van der Waals surface area contributed by atoms with Crippen LogP contribution in [0.4, 0.5) is 4.79 Å². The summed E-state index contributed by atoms with van der Waals surface area (Å²) in [6.07, 6.45) is 8.77. The van der Waals surface area contributed by atoms with E-state index in [1.807, 2.05) is 20.8 Å². The smallest absolute Gasteiger partial charge is 0.407 e. The van der Waals surface area contributed by atoms with E-state index in [1.165, 1.54) is 44.9 Å². The first-order chi connectivity index (χ1) is 9.44. The van der Waals surface area contributed by atoms with Gasteiger partial charge in [-0.15, -0.1) is 0 Å². The highest BCUT2D eigenvalue weighted by molar-refractivity contribution is 5.67. The van der Waals surface area contributed by atoms with Crippen LogP contribution < -0.4 is 10.6 Å². The summed E-state index contributed by atoms with van der Waals surface area (Å²) in [6, 6.07) is 1.30. The molecule has 0 radical (unpaired) electrons. The van der Waals surface area contributed by atoms with Crippen molar-refractivity contribution >= 4 is 6.09 Å². The van der Waals surface area contributed by atoms with Crippen molar-refractivity contribution < 1.29 is 9.53 Å². The number of amides is 1. The molecule has 2 saturated carbocycles. The maximum absolute atomic E-state index is 11.7. The van der Waals surface area contributed by atoms with E-state index in [-0.39, 0.29) is 6.09 Å². The SMILES string of the molecule is CC(C)(C)OC(=O)NCC1CCCCC1NC1CCC1. The molecule has 0 bridgehead atoms. The summed E-state index contributed by atoms with van der Waals surface area (Å²) >= 11 is 0. The minimum atomic E-state index is -0.416. The Balaban J connectivity index is 1.75. The van der Waals surface area contributed by atoms with Gasteiger partial charge >= 0.3 is 6.09 Å². The molecule has 2 rings (SSSR count). The monoisotopic (exact) mass is 282 g/mol. The molecule has 0 spiro atoms. The van der Waals surface area contributed by atoms with Gasteiger partial charge < -0.3 is 15.4 Å². The average Bonchev–Trinajstić information content (AvgIpc) is 2.30. The highest BCUT2D eigenvalue weighted by atomic mass is 16.6. The lowest BCUT2D eigenvalue weighted by Gasteiger charge is -2.38. The average molecular weight is 282 g/mol. The summed E-state index contributed by atoms with van der Waals surface area (Å²) in [4.78, 5) is 11.7. The molecule has 0 aromatic carbocycles. The molecule has 2 aliphatic rings. The fourth-order valence-corrected chi connectivity index (χ4v) is 3.08. The van der Waals surface area contributed by atoms with Crippen LogP contribution in [0, 0.1) is 5.92 Å². The maximum Gasteiger partial charge on any atom is 0.407 e. The molecule has 0 saturated heterocycles. The Morgan fingerprint density at radius 2 is 1.80 bits per heavy atom. The number of carbonyl (C=O) groups is 1. The summed E-state index contributed by atoms with van der Waals surface area (Å²) in [5.41, 5.74) is -0.416. The molecule has 2 fully saturated rings. The molecule has 116 valence electrons. The Bertz CT molecular complexity index is 321. The third-order valence-electron chi connectivity index (χ3n) is 4.37. The van der Waals surface area contributed by atoms with Crippen molar-refractivity contribution in [1.82, 2.24) is 10.6 Å². The van der Waals surface area contributed by atoms with E-state index in [0.29, 0.717) is 12.0 Å². The summed E-state index contributed by atoms with van der Waals surface area (Å²) in [5, 5.41) is 6.73. The Labute approximate surface area is 123 Å². The van der Waals surface area contributed by atoms with E-state index in [0.717, 1.165) is 12.6 Å². The zero-order valence-electron chi connectivity index (χ0n) is 13.2. The van der Waals surface area contributed by atoms with Crippen LogP contribution in [0.2, 0.25) is 0 Å². The minimum Gasteiger partial charge on any atom is -0.444 e. The molecule has 4 nitrogen and oxygen atoms in total. The molecule has 0 aromatic rings. The maximum atomic E-state index is 11.7. The zero-order chi connectivity index (χ0) is 14.6. The summed E-state index contributed by atoms with van der Waals surface area (Å²) < 4.78 is 5.31. The summed E-state index contributed by atoms with van der Waals surface area (Å²) in [7, 11) is 0. The first-order valence-corrected chi connectivity index (χ1v) is 8.17. The predicted molar refractivity (Wildman–Crippen MR) is 80.8 cm³/mol. The Hall–Kier alpha value is -0.770. The van der Waals surface area contributed by atoms with Gasteiger partial charge in [0.2, 0.25) is 0 Å². The number of ether oxygens (including phenoxy) is 1. The standard InChI is InChI=1S/C16H30N2O2/c1-16(2,3)20-15(19)17-11-12-7-4-5-10-14(12)18-13-8-6-9-13/h12-14,18H,4-11H2,1-3H3,(H,17,19). The van der Waals surface area contributed by atoms with Crippen LogP contribution in [0.25, 0.3) is 0 Å². The third-order valence-corrected chi connectivity index (χ3v) is 4.37. The highest BCUT2D eigenvalue weighted by Crippen LogP contribution is 2.27. The van der Waals surface area contributed by atoms with Crippen LogP contribution in [-0.4, -0.2) is 30.3 Å². The van der Waals surface area contributed by atoms with E-state index >= 15 is 0 Å². The van der Waals surface area contributed by atoms with Gasteiger partial charge in [0.05, 0.1) is 0 Å². The lowest BCUT2D eigenvalue weighted by molar-refractivity contribution is 0.0508. The Kier molecular flexibility index (Phi) is 5.30. The number of carbonyl (C=O) groups excluding carboxylic acids is 1. The van der Waals surface area contributed by atoms with Crippen molar-refractivity contribution in [3.63, 3.8) is 0 Å². The molecular weight excluding hydrogens is 252 g/mol. The molecule has 4 heteroatoms. The van der Waals surface area contributed by atoms with Gasteiger partial charge in [-0.3, -0.25) is 0 Å². The molecule has 2 atom stereocenters. The van der Waals surface area contributed by atoms with E-state index in [1.54, 1.807) is 0 Å². The third kappa shape index (κ3) is 4.97. The molecule has 2 N–H and O–H groups in total. The Morgan fingerprint density at radius 1 is 1.10 bits per heavy atom. The van der Waals surface area contributed by atoms with Crippen LogP contribution in [0.3, 0.4) is 0 Å². The fraction of sp³-hybridized carbons (Fsp3) is 0.938. The minimum absolute atomic E-state index is 0.287. The molecule has 0 heterocycles. The van der Waals surface area contributed by atoms with Crippen molar-refractivity contribution in [2.24, 2.45) is 5.92 Å². The summed E-state index contributed by atoms with van der Waals surface area (Å²) in [6.45, 7) is 6.43. The van der Waals surface area contributed by atoms with E-state index in [2.05, 4.69) is 10.6 Å². The van der Waals surface area contributed by atoms with Crippen molar-refractivity contribution in [3.05, 3.63) is 0 Å². The van der Waals surface area contributed by atoms with Gasteiger partial charge in [0.1, 0.15) is 5.60 Å². The summed E-state index contributed by atoms with van der Waals surface area (Å²) in [5.74, 6) is 0.553. The van der Waals surface area contributed by atoms with Crippen LogP contribution in [-0.2, 0) is 4.74 Å². The van der Waals surface area contributed by atoms with Crippen molar-refractivity contribution in [1.29, 1.82) is 0 Å². The van der Waals surface area contributed by atoms with Crippen LogP contribution in [0.1, 0.15) is 65.7 Å². The van der Waals surface area contributed by atoms with Gasteiger partial charge in [0, 0.05) is 18.6 Å². The first kappa shape index (κ1) is 15.6. The molecule has 20 heavy (non-hydrogen) atoms. The predicted octanol–water partition coefficient (Wildman–Crippen LogP) is 3.21. The lowest BCUT2D eigenvalue weighted by Crippen LogP contribution is -2.50. The number of alkyl carbamates (subject to hydrolysis) is 1. The normalized spacial score (nSPS) is 27.8. The van der Waals surface area contributed by atoms with Crippen molar-refractivity contribution in [3.8, 4) is 0 Å².